The molecular weight excluding hydrogens is 367 g/mol. The van der Waals surface area contributed by atoms with E-state index in [1.54, 1.807) is 36.4 Å². The van der Waals surface area contributed by atoms with Crippen LogP contribution in [0.1, 0.15) is 6.42 Å². The van der Waals surface area contributed by atoms with Gasteiger partial charge in [-0.3, -0.25) is 9.36 Å². The Hall–Kier alpha value is -2.44. The first-order chi connectivity index (χ1) is 12.0. The number of anilines is 1. The van der Waals surface area contributed by atoms with E-state index in [4.69, 9.17) is 32.4 Å². The number of carbonyl (C=O) groups is 1. The molecule has 2 aromatic carbocycles. The van der Waals surface area contributed by atoms with E-state index in [2.05, 4.69) is 5.32 Å². The Kier molecular flexibility index (Phi) is 5.01. The monoisotopic (exact) mass is 380 g/mol. The summed E-state index contributed by atoms with van der Waals surface area (Å²) in [6.07, 6.45) is 0.0980. The van der Waals surface area contributed by atoms with Crippen molar-refractivity contribution in [3.63, 3.8) is 0 Å². The molecule has 25 heavy (non-hydrogen) atoms. The molecule has 0 spiro atoms. The summed E-state index contributed by atoms with van der Waals surface area (Å²) in [7, 11) is 1.51. The van der Waals surface area contributed by atoms with Gasteiger partial charge >= 0.3 is 5.76 Å². The quantitative estimate of drug-likeness (QED) is 0.727. The second kappa shape index (κ2) is 7.21. The van der Waals surface area contributed by atoms with Gasteiger partial charge in [0.25, 0.3) is 0 Å². The fraction of sp³-hybridized carbons (Fsp3) is 0.176. The predicted octanol–water partition coefficient (Wildman–Crippen LogP) is 3.94. The Labute approximate surface area is 152 Å². The van der Waals surface area contributed by atoms with Gasteiger partial charge in [-0.2, -0.15) is 0 Å². The number of methoxy groups -OCH3 is 1. The molecule has 3 aromatic rings. The summed E-state index contributed by atoms with van der Waals surface area (Å²) in [5.41, 5.74) is 1.53. The van der Waals surface area contributed by atoms with E-state index in [1.807, 2.05) is 0 Å². The number of ether oxygens (including phenoxy) is 1. The zero-order valence-corrected chi connectivity index (χ0v) is 14.7. The average molecular weight is 381 g/mol. The second-order valence-corrected chi connectivity index (χ2v) is 6.12. The van der Waals surface area contributed by atoms with E-state index in [9.17, 15) is 9.59 Å². The van der Waals surface area contributed by atoms with Gasteiger partial charge in [0.05, 0.1) is 17.6 Å². The van der Waals surface area contributed by atoms with Gasteiger partial charge in [0.15, 0.2) is 5.58 Å². The molecule has 0 aliphatic carbocycles. The molecule has 1 heterocycles. The predicted molar refractivity (Wildman–Crippen MR) is 96.7 cm³/mol. The number of nitrogens with zero attached hydrogens (tertiary/aromatic N) is 1. The summed E-state index contributed by atoms with van der Waals surface area (Å²) in [6.45, 7) is 0.184. The van der Waals surface area contributed by atoms with E-state index in [1.165, 1.54) is 11.7 Å². The fourth-order valence-electron chi connectivity index (χ4n) is 2.43. The van der Waals surface area contributed by atoms with Crippen LogP contribution in [0.4, 0.5) is 5.69 Å². The maximum Gasteiger partial charge on any atom is 0.419 e. The van der Waals surface area contributed by atoms with E-state index in [0.717, 1.165) is 0 Å². The van der Waals surface area contributed by atoms with Crippen molar-refractivity contribution >= 4 is 45.9 Å². The van der Waals surface area contributed by atoms with Crippen LogP contribution in [0, 0.1) is 0 Å². The minimum Gasteiger partial charge on any atom is -0.495 e. The number of benzene rings is 2. The van der Waals surface area contributed by atoms with Crippen LogP contribution in [-0.2, 0) is 11.3 Å². The topological polar surface area (TPSA) is 73.5 Å². The average Bonchev–Trinajstić information content (AvgIpc) is 2.87. The van der Waals surface area contributed by atoms with Crippen molar-refractivity contribution in [2.75, 3.05) is 12.4 Å². The third kappa shape index (κ3) is 3.81. The summed E-state index contributed by atoms with van der Waals surface area (Å²) in [4.78, 5) is 24.0. The van der Waals surface area contributed by atoms with Gasteiger partial charge in [-0.15, -0.1) is 0 Å². The van der Waals surface area contributed by atoms with Crippen LogP contribution in [0.15, 0.2) is 45.6 Å². The number of hydrogen-bond donors (Lipinski definition) is 1. The zero-order chi connectivity index (χ0) is 18.0. The van der Waals surface area contributed by atoms with E-state index >= 15 is 0 Å². The highest BCUT2D eigenvalue weighted by atomic mass is 35.5. The van der Waals surface area contributed by atoms with Crippen LogP contribution in [0.3, 0.4) is 0 Å². The molecule has 3 rings (SSSR count). The van der Waals surface area contributed by atoms with E-state index in [-0.39, 0.29) is 18.9 Å². The molecule has 8 heteroatoms. The number of aromatic nitrogens is 1. The van der Waals surface area contributed by atoms with Crippen LogP contribution in [0.25, 0.3) is 11.1 Å². The fourth-order valence-corrected chi connectivity index (χ4v) is 2.85. The third-order valence-corrected chi connectivity index (χ3v) is 4.16. The van der Waals surface area contributed by atoms with Gasteiger partial charge in [0, 0.05) is 29.7 Å². The molecule has 0 fully saturated rings. The minimum atomic E-state index is -0.530. The highest BCUT2D eigenvalue weighted by Gasteiger charge is 2.12. The summed E-state index contributed by atoms with van der Waals surface area (Å²) in [5, 5.41) is 3.60. The highest BCUT2D eigenvalue weighted by Crippen LogP contribution is 2.27. The first-order valence-corrected chi connectivity index (χ1v) is 8.16. The number of hydrogen-bond acceptors (Lipinski definition) is 4. The van der Waals surface area contributed by atoms with Crippen molar-refractivity contribution in [2.24, 2.45) is 0 Å². The smallest absolute Gasteiger partial charge is 0.419 e. The molecule has 0 radical (unpaired) electrons. The first kappa shape index (κ1) is 17.4. The van der Waals surface area contributed by atoms with Crippen molar-refractivity contribution in [2.45, 2.75) is 13.0 Å². The van der Waals surface area contributed by atoms with Gasteiger partial charge < -0.3 is 14.5 Å². The lowest BCUT2D eigenvalue weighted by atomic mass is 10.2. The molecule has 0 atom stereocenters. The molecule has 0 saturated carbocycles. The summed E-state index contributed by atoms with van der Waals surface area (Å²) >= 11 is 11.9. The van der Waals surface area contributed by atoms with Crippen molar-refractivity contribution in [3.05, 3.63) is 57.0 Å². The van der Waals surface area contributed by atoms with E-state index < -0.39 is 5.76 Å². The molecule has 0 aliphatic heterocycles. The molecule has 0 bridgehead atoms. The summed E-state index contributed by atoms with van der Waals surface area (Å²) in [5.74, 6) is -0.260. The van der Waals surface area contributed by atoms with Crippen molar-refractivity contribution in [3.8, 4) is 5.75 Å². The summed E-state index contributed by atoms with van der Waals surface area (Å²) < 4.78 is 11.6. The van der Waals surface area contributed by atoms with Crippen molar-refractivity contribution < 1.29 is 13.9 Å². The maximum atomic E-state index is 12.1. The van der Waals surface area contributed by atoms with E-state index in [0.29, 0.717) is 32.6 Å². The molecular formula is C17H14Cl2N2O4. The maximum absolute atomic E-state index is 12.1. The number of rotatable bonds is 5. The lowest BCUT2D eigenvalue weighted by Crippen LogP contribution is -2.19. The van der Waals surface area contributed by atoms with Gasteiger partial charge in [0.2, 0.25) is 5.91 Å². The van der Waals surface area contributed by atoms with Crippen molar-refractivity contribution in [1.82, 2.24) is 4.57 Å². The lowest BCUT2D eigenvalue weighted by Gasteiger charge is -2.08. The SMILES string of the molecule is COc1ccc(NC(=O)CCn2c(=O)oc3cc(Cl)ccc32)cc1Cl. The first-order valence-electron chi connectivity index (χ1n) is 7.40. The number of amides is 1. The van der Waals surface area contributed by atoms with Gasteiger partial charge in [-0.05, 0) is 30.3 Å². The van der Waals surface area contributed by atoms with Gasteiger partial charge in [0.1, 0.15) is 5.75 Å². The Morgan fingerprint density at radius 2 is 2.04 bits per heavy atom. The van der Waals surface area contributed by atoms with Crippen LogP contribution in [0.5, 0.6) is 5.75 Å². The normalized spacial score (nSPS) is 10.8. The number of oxazole rings is 1. The molecule has 130 valence electrons. The van der Waals surface area contributed by atoms with Crippen molar-refractivity contribution in [1.29, 1.82) is 0 Å². The molecule has 1 aromatic heterocycles. The molecule has 6 nitrogen and oxygen atoms in total. The van der Waals surface area contributed by atoms with Crippen LogP contribution < -0.4 is 15.8 Å². The molecule has 1 amide bonds. The molecule has 0 unspecified atom stereocenters. The second-order valence-electron chi connectivity index (χ2n) is 5.28. The third-order valence-electron chi connectivity index (χ3n) is 3.63. The Morgan fingerprint density at radius 1 is 1.24 bits per heavy atom. The summed E-state index contributed by atoms with van der Waals surface area (Å²) in [6, 6.07) is 9.85. The zero-order valence-electron chi connectivity index (χ0n) is 13.2. The number of aryl methyl sites for hydroxylation is 1. The highest BCUT2D eigenvalue weighted by molar-refractivity contribution is 6.32. The minimum absolute atomic E-state index is 0.0980. The van der Waals surface area contributed by atoms with Crippen LogP contribution in [-0.4, -0.2) is 17.6 Å². The number of fused-ring (bicyclic) bond motifs is 1. The van der Waals surface area contributed by atoms with Gasteiger partial charge in [-0.25, -0.2) is 4.79 Å². The standard InChI is InChI=1S/C17H14Cl2N2O4/c1-24-14-5-3-11(9-12(14)19)20-16(22)6-7-21-13-4-2-10(18)8-15(13)25-17(21)23/h2-5,8-9H,6-7H2,1H3,(H,20,22). The Morgan fingerprint density at radius 3 is 2.76 bits per heavy atom. The number of carbonyl (C=O) groups excluding carboxylic acids is 1. The Balaban J connectivity index is 1.69. The molecule has 0 aliphatic rings. The molecule has 0 saturated heterocycles. The molecule has 1 N–H and O–H groups in total. The lowest BCUT2D eigenvalue weighted by molar-refractivity contribution is -0.116. The number of nitrogens with one attached hydrogen (secondary N) is 1. The largest absolute Gasteiger partial charge is 0.495 e. The number of halogens is 2. The Bertz CT molecular complexity index is 994. The van der Waals surface area contributed by atoms with Crippen LogP contribution in [0.2, 0.25) is 10.0 Å². The van der Waals surface area contributed by atoms with Crippen LogP contribution >= 0.6 is 23.2 Å². The van der Waals surface area contributed by atoms with Gasteiger partial charge in [-0.1, -0.05) is 23.2 Å².